The van der Waals surface area contributed by atoms with Crippen molar-refractivity contribution in [2.45, 2.75) is 18.6 Å². The maximum Gasteiger partial charge on any atom is 0.126 e. The van der Waals surface area contributed by atoms with Crippen molar-refractivity contribution in [3.8, 4) is 22.4 Å². The highest BCUT2D eigenvalue weighted by Gasteiger charge is 2.33. The van der Waals surface area contributed by atoms with Gasteiger partial charge in [0.1, 0.15) is 11.6 Å². The van der Waals surface area contributed by atoms with E-state index in [1.54, 1.807) is 18.5 Å². The Hall–Kier alpha value is -3.33. The predicted molar refractivity (Wildman–Crippen MR) is 138 cm³/mol. The monoisotopic (exact) mass is 507 g/mol. The second-order valence-corrected chi connectivity index (χ2v) is 9.58. The van der Waals surface area contributed by atoms with Crippen LogP contribution in [0.2, 0.25) is 5.02 Å². The van der Waals surface area contributed by atoms with Crippen LogP contribution in [-0.4, -0.2) is 48.4 Å². The molecule has 2 unspecified atom stereocenters. The molecule has 6 rings (SSSR count). The number of piperidine rings is 1. The topological polar surface area (TPSA) is 76.3 Å². The van der Waals surface area contributed by atoms with Crippen molar-refractivity contribution < 1.29 is 13.5 Å². The van der Waals surface area contributed by atoms with Crippen molar-refractivity contribution in [1.82, 2.24) is 15.3 Å². The quantitative estimate of drug-likeness (QED) is 0.404. The van der Waals surface area contributed by atoms with E-state index in [1.807, 2.05) is 18.2 Å². The van der Waals surface area contributed by atoms with E-state index in [0.717, 1.165) is 47.7 Å². The third-order valence-electron chi connectivity index (χ3n) is 6.94. The molecule has 2 saturated heterocycles. The number of nitrogens with two attached hydrogens (primary N) is 1. The van der Waals surface area contributed by atoms with Gasteiger partial charge in [-0.1, -0.05) is 17.7 Å². The lowest BCUT2D eigenvalue weighted by atomic mass is 9.95. The number of aromatic nitrogens is 2. The van der Waals surface area contributed by atoms with Gasteiger partial charge < -0.3 is 20.7 Å². The number of hydrogen-bond acceptors (Lipinski definition) is 6. The molecule has 2 atom stereocenters. The maximum absolute atomic E-state index is 14.3. The smallest absolute Gasteiger partial charge is 0.126 e. The molecule has 6 nitrogen and oxygen atoms in total. The number of nitrogens with zero attached hydrogens (tertiary/aromatic N) is 3. The lowest BCUT2D eigenvalue weighted by Gasteiger charge is -2.43. The molecule has 2 fully saturated rings. The molecule has 0 aliphatic carbocycles. The molecule has 4 aromatic rings. The van der Waals surface area contributed by atoms with Crippen LogP contribution in [-0.2, 0) is 4.74 Å². The summed E-state index contributed by atoms with van der Waals surface area (Å²) in [6.07, 6.45) is 4.19. The van der Waals surface area contributed by atoms with Gasteiger partial charge in [-0.25, -0.2) is 8.78 Å². The van der Waals surface area contributed by atoms with Crippen molar-refractivity contribution in [2.24, 2.45) is 0 Å². The number of rotatable bonds is 3. The molecule has 2 aliphatic rings. The highest BCUT2D eigenvalue weighted by molar-refractivity contribution is 6.33. The summed E-state index contributed by atoms with van der Waals surface area (Å²) >= 11 is 6.26. The first-order valence-electron chi connectivity index (χ1n) is 11.9. The van der Waals surface area contributed by atoms with Gasteiger partial charge in [0.05, 0.1) is 40.3 Å². The highest BCUT2D eigenvalue weighted by atomic mass is 35.5. The number of benzene rings is 2. The van der Waals surface area contributed by atoms with Crippen molar-refractivity contribution in [1.29, 1.82) is 0 Å². The third kappa shape index (κ3) is 4.15. The Morgan fingerprint density at radius 1 is 1.06 bits per heavy atom. The minimum absolute atomic E-state index is 0.0150. The summed E-state index contributed by atoms with van der Waals surface area (Å²) in [5.41, 5.74) is 10.6. The Balaban J connectivity index is 1.56. The van der Waals surface area contributed by atoms with E-state index in [1.165, 1.54) is 12.1 Å². The number of pyridine rings is 2. The van der Waals surface area contributed by atoms with Gasteiger partial charge in [0.15, 0.2) is 0 Å². The Morgan fingerprint density at radius 2 is 1.89 bits per heavy atom. The number of hydrogen-bond donors (Lipinski definition) is 2. The number of nitrogens with one attached hydrogen (secondary N) is 1. The van der Waals surface area contributed by atoms with Crippen LogP contribution in [0.25, 0.3) is 33.3 Å². The van der Waals surface area contributed by atoms with Crippen LogP contribution in [0.3, 0.4) is 0 Å². The molecule has 4 heterocycles. The standard InChI is InChI=1S/C27H24ClF2N5O/c28-21-3-5-33-26(25(21)31)15-1-2-22-19(11-15)27(35-7-4-23-24(14-35)36-8-6-32-23)20(13-34-22)16-9-17(29)12-18(30)10-16/h1-3,5,9-13,23-24,32H,4,6-8,14,31H2. The van der Waals surface area contributed by atoms with E-state index >= 15 is 0 Å². The number of ether oxygens (including phenoxy) is 1. The Kier molecular flexibility index (Phi) is 5.95. The van der Waals surface area contributed by atoms with E-state index in [4.69, 9.17) is 22.1 Å². The summed E-state index contributed by atoms with van der Waals surface area (Å²) in [5.74, 6) is -1.28. The molecule has 3 N–H and O–H groups in total. The Morgan fingerprint density at radius 3 is 2.72 bits per heavy atom. The van der Waals surface area contributed by atoms with Crippen molar-refractivity contribution in [2.75, 3.05) is 36.9 Å². The second-order valence-electron chi connectivity index (χ2n) is 9.17. The van der Waals surface area contributed by atoms with Gasteiger partial charge in [-0.2, -0.15) is 0 Å². The molecule has 2 aliphatic heterocycles. The van der Waals surface area contributed by atoms with Gasteiger partial charge in [-0.05, 0) is 42.3 Å². The third-order valence-corrected chi connectivity index (χ3v) is 7.27. The van der Waals surface area contributed by atoms with Gasteiger partial charge >= 0.3 is 0 Å². The maximum atomic E-state index is 14.3. The zero-order chi connectivity index (χ0) is 24.8. The van der Waals surface area contributed by atoms with Gasteiger partial charge in [-0.3, -0.25) is 9.97 Å². The molecule has 2 aromatic heterocycles. The average molecular weight is 508 g/mol. The fourth-order valence-electron chi connectivity index (χ4n) is 5.24. The van der Waals surface area contributed by atoms with Gasteiger partial charge in [0.2, 0.25) is 0 Å². The number of anilines is 2. The molecular weight excluding hydrogens is 484 g/mol. The fraction of sp³-hybridized carbons (Fsp3) is 0.259. The predicted octanol–water partition coefficient (Wildman–Crippen LogP) is 5.04. The summed E-state index contributed by atoms with van der Waals surface area (Å²) < 4.78 is 34.6. The van der Waals surface area contributed by atoms with Crippen LogP contribution in [0, 0.1) is 11.6 Å². The summed E-state index contributed by atoms with van der Waals surface area (Å²) in [5, 5.41) is 4.79. The SMILES string of the molecule is Nc1c(Cl)ccnc1-c1ccc2ncc(-c3cc(F)cc(F)c3)c(N3CCC4NCCOC4C3)c2c1. The van der Waals surface area contributed by atoms with Crippen LogP contribution in [0.4, 0.5) is 20.2 Å². The number of nitrogen functional groups attached to an aromatic ring is 1. The van der Waals surface area contributed by atoms with E-state index in [9.17, 15) is 8.78 Å². The second kappa shape index (κ2) is 9.28. The van der Waals surface area contributed by atoms with Gasteiger partial charge in [-0.15, -0.1) is 0 Å². The fourth-order valence-corrected chi connectivity index (χ4v) is 5.39. The van der Waals surface area contributed by atoms with Crippen LogP contribution >= 0.6 is 11.6 Å². The van der Waals surface area contributed by atoms with E-state index in [2.05, 4.69) is 20.2 Å². The molecule has 9 heteroatoms. The Labute approximate surface area is 212 Å². The van der Waals surface area contributed by atoms with E-state index in [-0.39, 0.29) is 12.1 Å². The molecule has 0 amide bonds. The highest BCUT2D eigenvalue weighted by Crippen LogP contribution is 2.41. The molecule has 0 bridgehead atoms. The lowest BCUT2D eigenvalue weighted by Crippen LogP contribution is -2.57. The van der Waals surface area contributed by atoms with Crippen LogP contribution in [0.1, 0.15) is 6.42 Å². The van der Waals surface area contributed by atoms with E-state index < -0.39 is 11.6 Å². The lowest BCUT2D eigenvalue weighted by molar-refractivity contribution is -0.00896. The summed E-state index contributed by atoms with van der Waals surface area (Å²) in [6.45, 7) is 2.88. The Bertz CT molecular complexity index is 1450. The minimum atomic E-state index is -0.640. The van der Waals surface area contributed by atoms with Crippen LogP contribution < -0.4 is 16.0 Å². The first-order chi connectivity index (χ1) is 17.5. The van der Waals surface area contributed by atoms with Crippen LogP contribution in [0.5, 0.6) is 0 Å². The van der Waals surface area contributed by atoms with Crippen molar-refractivity contribution in [3.05, 3.63) is 71.5 Å². The normalized spacial score (nSPS) is 19.9. The largest absolute Gasteiger partial charge is 0.396 e. The zero-order valence-corrected chi connectivity index (χ0v) is 20.1. The zero-order valence-electron chi connectivity index (χ0n) is 19.3. The van der Waals surface area contributed by atoms with Crippen molar-refractivity contribution in [3.63, 3.8) is 0 Å². The minimum Gasteiger partial charge on any atom is -0.396 e. The molecular formula is C27H24ClF2N5O. The van der Waals surface area contributed by atoms with Crippen LogP contribution in [0.15, 0.2) is 54.9 Å². The average Bonchev–Trinajstić information content (AvgIpc) is 2.88. The summed E-state index contributed by atoms with van der Waals surface area (Å²) in [7, 11) is 0. The van der Waals surface area contributed by atoms with Gasteiger partial charge in [0.25, 0.3) is 0 Å². The summed E-state index contributed by atoms with van der Waals surface area (Å²) in [4.78, 5) is 11.3. The van der Waals surface area contributed by atoms with Gasteiger partial charge in [0, 0.05) is 60.6 Å². The number of morpholine rings is 1. The number of halogens is 3. The number of fused-ring (bicyclic) bond motifs is 2. The summed E-state index contributed by atoms with van der Waals surface area (Å²) in [6, 6.07) is 11.2. The molecule has 36 heavy (non-hydrogen) atoms. The first kappa shape index (κ1) is 23.1. The molecule has 184 valence electrons. The van der Waals surface area contributed by atoms with Crippen molar-refractivity contribution >= 4 is 33.9 Å². The first-order valence-corrected chi connectivity index (χ1v) is 12.3. The van der Waals surface area contributed by atoms with E-state index in [0.29, 0.717) is 40.7 Å². The molecule has 2 aromatic carbocycles. The molecule has 0 spiro atoms. The molecule has 0 radical (unpaired) electrons. The molecule has 0 saturated carbocycles.